The Bertz CT molecular complexity index is 687. The molecule has 1 aromatic rings. The maximum Gasteiger partial charge on any atom is 0.410 e. The molecule has 0 heterocycles. The first-order valence-electron chi connectivity index (χ1n) is 9.78. The summed E-state index contributed by atoms with van der Waals surface area (Å²) in [6.45, 7) is 9.10. The minimum absolute atomic E-state index is 0.108. The molecule has 0 spiro atoms. The molecule has 0 aliphatic rings. The Balaban J connectivity index is 2.82. The maximum absolute atomic E-state index is 12.9. The highest BCUT2D eigenvalue weighted by molar-refractivity contribution is 7.54. The number of nitrogens with zero attached hydrogens (tertiary/aromatic N) is 1. The number of ether oxygens (including phenoxy) is 1. The topological polar surface area (TPSA) is 94.2 Å². The smallest absolute Gasteiger partial charge is 0.410 e. The van der Waals surface area contributed by atoms with Gasteiger partial charge in [-0.25, -0.2) is 4.79 Å². The highest BCUT2D eigenvalue weighted by Crippen LogP contribution is 2.51. The Labute approximate surface area is 173 Å². The molecule has 29 heavy (non-hydrogen) atoms. The van der Waals surface area contributed by atoms with Crippen molar-refractivity contribution in [3.05, 3.63) is 35.9 Å². The molecular weight excluding hydrogens is 395 g/mol. The van der Waals surface area contributed by atoms with Crippen molar-refractivity contribution in [2.75, 3.05) is 20.3 Å². The first kappa shape index (κ1) is 25.1. The van der Waals surface area contributed by atoms with Crippen molar-refractivity contribution in [3.8, 4) is 0 Å². The molecule has 0 aliphatic carbocycles. The molecule has 9 heteroatoms. The van der Waals surface area contributed by atoms with Crippen LogP contribution in [0.3, 0.4) is 0 Å². The fourth-order valence-electron chi connectivity index (χ4n) is 2.85. The van der Waals surface area contributed by atoms with Crippen LogP contribution in [0.2, 0.25) is 0 Å². The summed E-state index contributed by atoms with van der Waals surface area (Å²) in [6, 6.07) is 8.47. The summed E-state index contributed by atoms with van der Waals surface area (Å²) in [5.74, 6) is -1.51. The minimum Gasteiger partial charge on any atom is -0.445 e. The molecule has 1 N–H and O–H groups in total. The third kappa shape index (κ3) is 7.46. The van der Waals surface area contributed by atoms with E-state index in [9.17, 15) is 14.2 Å². The van der Waals surface area contributed by atoms with Gasteiger partial charge in [-0.05, 0) is 32.3 Å². The lowest BCUT2D eigenvalue weighted by molar-refractivity contribution is -0.127. The van der Waals surface area contributed by atoms with Crippen LogP contribution in [0.5, 0.6) is 0 Å². The molecule has 0 saturated carbocycles. The number of likely N-dealkylation sites (N-methyl/N-ethyl adjacent to an activating group) is 1. The van der Waals surface area contributed by atoms with Crippen LogP contribution in [0.25, 0.3) is 0 Å². The number of nitrogens with one attached hydrogen (secondary N) is 1. The number of benzene rings is 1. The van der Waals surface area contributed by atoms with Gasteiger partial charge in [0, 0.05) is 7.05 Å². The van der Waals surface area contributed by atoms with Crippen LogP contribution in [0.15, 0.2) is 30.3 Å². The summed E-state index contributed by atoms with van der Waals surface area (Å²) in [4.78, 5) is 26.6. The van der Waals surface area contributed by atoms with Gasteiger partial charge in [0.2, 0.25) is 5.91 Å². The van der Waals surface area contributed by atoms with Crippen molar-refractivity contribution in [2.45, 2.75) is 53.1 Å². The third-order valence-corrected chi connectivity index (χ3v) is 6.57. The van der Waals surface area contributed by atoms with E-state index in [1.165, 1.54) is 11.9 Å². The van der Waals surface area contributed by atoms with E-state index < -0.39 is 31.4 Å². The van der Waals surface area contributed by atoms with Gasteiger partial charge in [-0.15, -0.1) is 0 Å². The van der Waals surface area contributed by atoms with Gasteiger partial charge in [0.05, 0.1) is 13.2 Å². The molecule has 0 aliphatic heterocycles. The highest BCUT2D eigenvalue weighted by Gasteiger charge is 2.37. The van der Waals surface area contributed by atoms with Crippen molar-refractivity contribution < 1.29 is 27.9 Å². The highest BCUT2D eigenvalue weighted by atomic mass is 31.2. The Morgan fingerprint density at radius 1 is 1.07 bits per heavy atom. The fraction of sp³-hybridized carbons (Fsp3) is 0.600. The van der Waals surface area contributed by atoms with Gasteiger partial charge in [-0.2, -0.15) is 0 Å². The van der Waals surface area contributed by atoms with E-state index in [-0.39, 0.29) is 25.7 Å². The second-order valence-corrected chi connectivity index (χ2v) is 9.27. The Hall–Kier alpha value is -1.89. The second kappa shape index (κ2) is 12.0. The van der Waals surface area contributed by atoms with Crippen LogP contribution in [0, 0.1) is 5.92 Å². The van der Waals surface area contributed by atoms with E-state index in [0.717, 1.165) is 5.56 Å². The molecule has 0 saturated heterocycles. The number of amides is 2. The van der Waals surface area contributed by atoms with Gasteiger partial charge in [0.15, 0.2) is 0 Å². The zero-order chi connectivity index (χ0) is 22.0. The summed E-state index contributed by atoms with van der Waals surface area (Å²) in [6.07, 6.45) is -0.617. The van der Waals surface area contributed by atoms with Gasteiger partial charge in [-0.1, -0.05) is 44.2 Å². The molecule has 0 radical (unpaired) electrons. The Kier molecular flexibility index (Phi) is 10.4. The predicted molar refractivity (Wildman–Crippen MR) is 111 cm³/mol. The van der Waals surface area contributed by atoms with Crippen LogP contribution < -0.4 is 5.32 Å². The van der Waals surface area contributed by atoms with Crippen molar-refractivity contribution in [3.63, 3.8) is 0 Å². The number of carbonyl (C=O) groups is 2. The third-order valence-electron chi connectivity index (χ3n) is 4.25. The molecule has 1 rings (SSSR count). The Morgan fingerprint density at radius 2 is 1.62 bits per heavy atom. The zero-order valence-corrected chi connectivity index (χ0v) is 19.0. The lowest BCUT2D eigenvalue weighted by Gasteiger charge is -2.31. The maximum atomic E-state index is 12.9. The molecule has 2 atom stereocenters. The number of hydrogen-bond acceptors (Lipinski definition) is 6. The number of hydrogen-bond donors (Lipinski definition) is 1. The van der Waals surface area contributed by atoms with Crippen LogP contribution >= 0.6 is 7.60 Å². The quantitative estimate of drug-likeness (QED) is 0.535. The van der Waals surface area contributed by atoms with E-state index in [1.54, 1.807) is 20.8 Å². The summed E-state index contributed by atoms with van der Waals surface area (Å²) >= 11 is 0. The van der Waals surface area contributed by atoms with Gasteiger partial charge >= 0.3 is 13.7 Å². The van der Waals surface area contributed by atoms with Crippen molar-refractivity contribution >= 4 is 19.6 Å². The molecule has 0 bridgehead atoms. The predicted octanol–water partition coefficient (Wildman–Crippen LogP) is 4.01. The van der Waals surface area contributed by atoms with E-state index in [2.05, 4.69) is 5.32 Å². The molecular formula is C20H33N2O6P. The number of rotatable bonds is 11. The molecule has 2 amide bonds. The van der Waals surface area contributed by atoms with Gasteiger partial charge in [-0.3, -0.25) is 14.3 Å². The SMILES string of the molecule is CCOP(=O)(OCC)C(C)NC(=O)C(C(C)C)N(C)C(=O)OCc1ccccc1. The standard InChI is InChI=1S/C20H33N2O6P/c1-7-27-29(25,28-8-2)16(5)21-19(23)18(15(3)4)22(6)20(24)26-14-17-12-10-9-11-13-17/h9-13,15-16,18H,7-8,14H2,1-6H3,(H,21,23). The van der Waals surface area contributed by atoms with Crippen LogP contribution in [-0.4, -0.2) is 49.0 Å². The van der Waals surface area contributed by atoms with Crippen molar-refractivity contribution in [1.29, 1.82) is 0 Å². The van der Waals surface area contributed by atoms with Crippen LogP contribution in [0.1, 0.15) is 40.2 Å². The van der Waals surface area contributed by atoms with Gasteiger partial charge in [0.1, 0.15) is 18.4 Å². The molecule has 164 valence electrons. The first-order valence-corrected chi connectivity index (χ1v) is 11.4. The van der Waals surface area contributed by atoms with Gasteiger partial charge < -0.3 is 19.1 Å². The molecule has 0 fully saturated rings. The lowest BCUT2D eigenvalue weighted by atomic mass is 10.0. The van der Waals surface area contributed by atoms with E-state index >= 15 is 0 Å². The van der Waals surface area contributed by atoms with Crippen molar-refractivity contribution in [2.24, 2.45) is 5.92 Å². The molecule has 8 nitrogen and oxygen atoms in total. The van der Waals surface area contributed by atoms with E-state index in [1.807, 2.05) is 44.2 Å². The average Bonchev–Trinajstić information content (AvgIpc) is 2.66. The average molecular weight is 428 g/mol. The van der Waals surface area contributed by atoms with Gasteiger partial charge in [0.25, 0.3) is 0 Å². The fourth-order valence-corrected chi connectivity index (χ4v) is 4.38. The minimum atomic E-state index is -3.51. The summed E-state index contributed by atoms with van der Waals surface area (Å²) < 4.78 is 28.7. The summed E-state index contributed by atoms with van der Waals surface area (Å²) in [5.41, 5.74) is 0.850. The largest absolute Gasteiger partial charge is 0.445 e. The first-order chi connectivity index (χ1) is 13.7. The summed E-state index contributed by atoms with van der Waals surface area (Å²) in [5, 5.41) is 2.68. The van der Waals surface area contributed by atoms with Crippen molar-refractivity contribution in [1.82, 2.24) is 10.2 Å². The Morgan fingerprint density at radius 3 is 2.10 bits per heavy atom. The van der Waals surface area contributed by atoms with E-state index in [4.69, 9.17) is 13.8 Å². The molecule has 1 aromatic carbocycles. The lowest BCUT2D eigenvalue weighted by Crippen LogP contribution is -2.52. The molecule has 2 unspecified atom stereocenters. The zero-order valence-electron chi connectivity index (χ0n) is 18.1. The summed E-state index contributed by atoms with van der Waals surface area (Å²) in [7, 11) is -2.00. The normalized spacial score (nSPS) is 13.6. The van der Waals surface area contributed by atoms with Crippen LogP contribution in [0.4, 0.5) is 4.79 Å². The monoisotopic (exact) mass is 428 g/mol. The molecule has 0 aromatic heterocycles. The number of carbonyl (C=O) groups excluding carboxylic acids is 2. The van der Waals surface area contributed by atoms with Crippen LogP contribution in [-0.2, 0) is 29.8 Å². The van der Waals surface area contributed by atoms with E-state index in [0.29, 0.717) is 0 Å². The second-order valence-electron chi connectivity index (χ2n) is 6.90.